The molecule has 0 spiro atoms. The Labute approximate surface area is 395 Å². The first-order chi connectivity index (χ1) is 33.0. The summed E-state index contributed by atoms with van der Waals surface area (Å²) < 4.78 is 61.1. The van der Waals surface area contributed by atoms with Crippen molar-refractivity contribution in [2.24, 2.45) is 0 Å². The van der Waals surface area contributed by atoms with E-state index in [-0.39, 0.29) is 0 Å². The van der Waals surface area contributed by atoms with E-state index in [1.54, 1.807) is 0 Å². The maximum absolute atomic E-state index is 12.1. The second-order valence-electron chi connectivity index (χ2n) is 17.6. The third kappa shape index (κ3) is 12.3. The molecule has 32 nitrogen and oxygen atoms in total. The first-order valence-electron chi connectivity index (χ1n) is 22.1. The molecule has 0 aromatic rings. The molecule has 30 atom stereocenters. The Morgan fingerprint density at radius 1 is 0.371 bits per heavy atom. The molecule has 6 aliphatic heterocycles. The van der Waals surface area contributed by atoms with Crippen LogP contribution in [0, 0.1) is 0 Å². The molecule has 0 aromatic carbocycles. The second-order valence-corrected chi connectivity index (χ2v) is 17.6. The van der Waals surface area contributed by atoms with Gasteiger partial charge < -0.3 is 154 Å². The van der Waals surface area contributed by atoms with Gasteiger partial charge in [-0.05, 0) is 0 Å². The van der Waals surface area contributed by atoms with Crippen molar-refractivity contribution in [2.45, 2.75) is 191 Å². The highest BCUT2D eigenvalue weighted by molar-refractivity contribution is 5.73. The molecule has 32 heteroatoms. The summed E-state index contributed by atoms with van der Waals surface area (Å²) >= 11 is 0. The summed E-state index contributed by atoms with van der Waals surface area (Å²) in [6, 6.07) is -1.61. The van der Waals surface area contributed by atoms with E-state index in [0.29, 0.717) is 0 Å². The van der Waals surface area contributed by atoms with Gasteiger partial charge >= 0.3 is 0 Å². The fraction of sp³-hybridized carbons (Fsp3) is 0.974. The summed E-state index contributed by atoms with van der Waals surface area (Å²) in [5.41, 5.74) is 0. The van der Waals surface area contributed by atoms with E-state index >= 15 is 0 Å². The zero-order valence-electron chi connectivity index (χ0n) is 37.0. The summed E-state index contributed by atoms with van der Waals surface area (Å²) in [6.45, 7) is -4.09. The third-order valence-corrected chi connectivity index (χ3v) is 12.8. The smallest absolute Gasteiger partial charge is 0.217 e. The molecule has 0 aromatic heterocycles. The van der Waals surface area contributed by atoms with E-state index in [9.17, 15) is 102 Å². The topological polar surface area (TPSA) is 515 Å². The fourth-order valence-corrected chi connectivity index (χ4v) is 8.60. The van der Waals surface area contributed by atoms with Gasteiger partial charge in [0.05, 0.1) is 39.6 Å². The number of carbonyl (C=O) groups excluding carboxylic acids is 1. The predicted octanol–water partition coefficient (Wildman–Crippen LogP) is -14.0. The summed E-state index contributed by atoms with van der Waals surface area (Å²) in [4.78, 5) is 12.1. The highest BCUT2D eigenvalue weighted by Crippen LogP contribution is 2.34. The monoisotopic (exact) mass is 1030 g/mol. The minimum Gasteiger partial charge on any atom is -0.394 e. The summed E-state index contributed by atoms with van der Waals surface area (Å²) in [5, 5.41) is 202. The van der Waals surface area contributed by atoms with Crippen molar-refractivity contribution in [1.29, 1.82) is 0 Å². The quantitative estimate of drug-likeness (QED) is 0.0643. The number of aliphatic hydroxyl groups is 19. The molecular weight excluding hydrogens is 966 g/mol. The lowest BCUT2D eigenvalue weighted by Crippen LogP contribution is -2.68. The molecule has 70 heavy (non-hydrogen) atoms. The molecule has 0 aliphatic carbocycles. The van der Waals surface area contributed by atoms with Crippen molar-refractivity contribution < 1.29 is 154 Å². The van der Waals surface area contributed by atoms with E-state index < -0.39 is 230 Å². The summed E-state index contributed by atoms with van der Waals surface area (Å²) in [7, 11) is 0. The second kappa shape index (κ2) is 24.7. The maximum atomic E-state index is 12.1. The number of rotatable bonds is 17. The Bertz CT molecular complexity index is 1630. The number of amides is 1. The van der Waals surface area contributed by atoms with Gasteiger partial charge in [-0.25, -0.2) is 0 Å². The van der Waals surface area contributed by atoms with Gasteiger partial charge in [0, 0.05) is 6.92 Å². The summed E-state index contributed by atoms with van der Waals surface area (Å²) in [6.07, 6.45) is -54.1. The van der Waals surface area contributed by atoms with Crippen molar-refractivity contribution in [1.82, 2.24) is 5.32 Å². The highest BCUT2D eigenvalue weighted by atomic mass is 16.8. The van der Waals surface area contributed by atoms with Gasteiger partial charge in [0.2, 0.25) is 5.91 Å². The molecule has 1 unspecified atom stereocenters. The minimum absolute atomic E-state index is 0.763. The van der Waals surface area contributed by atoms with Crippen LogP contribution in [-0.2, 0) is 56.9 Å². The average molecular weight is 1030 g/mol. The van der Waals surface area contributed by atoms with Crippen molar-refractivity contribution in [3.05, 3.63) is 0 Å². The van der Waals surface area contributed by atoms with Crippen molar-refractivity contribution in [3.8, 4) is 0 Å². The number of hydrogen-bond donors (Lipinski definition) is 20. The molecule has 6 heterocycles. The Hall–Kier alpha value is -1.73. The van der Waals surface area contributed by atoms with Gasteiger partial charge in [0.15, 0.2) is 37.7 Å². The fourth-order valence-electron chi connectivity index (χ4n) is 8.60. The van der Waals surface area contributed by atoms with Gasteiger partial charge in [-0.1, -0.05) is 0 Å². The first kappa shape index (κ1) is 57.5. The molecule has 0 saturated carbocycles. The molecule has 1 amide bonds. The van der Waals surface area contributed by atoms with Crippen LogP contribution in [0.25, 0.3) is 0 Å². The van der Waals surface area contributed by atoms with E-state index in [4.69, 9.17) is 52.1 Å². The van der Waals surface area contributed by atoms with Crippen molar-refractivity contribution in [3.63, 3.8) is 0 Å². The van der Waals surface area contributed by atoms with Gasteiger partial charge in [-0.2, -0.15) is 0 Å². The molecule has 6 aliphatic rings. The third-order valence-electron chi connectivity index (χ3n) is 12.8. The standard InChI is InChI=1S/C38H65NO31/c1-8(43)39-15-22(50)16(44)9(2-40)64-34(15)69-32-21(49)14(7-61-35-26(54)23(51)17(45)10(3-41)65-35)68-37(30(32)58)62-5-12-19(47)25(53)27(55)36(67-12)60-6-13-20(48)31(29(57)33(59)63-13)70-38-28(56)24(52)18(46)11(4-42)66-38/h9-38,40-42,44-59H,2-7H2,1H3,(H,39,43)/t9-,10-,11-,12-,13-,14-,15-,16-,17-,18-,19-,20-,21-,22-,23+,24+,25+,26-,27-,28-,29-,30-,31+,32+,33?,34+,35-,36-,37-,38+/m1/s1. The van der Waals surface area contributed by atoms with Crippen molar-refractivity contribution >= 4 is 5.91 Å². The molecule has 408 valence electrons. The van der Waals surface area contributed by atoms with Gasteiger partial charge in [0.1, 0.15) is 146 Å². The zero-order chi connectivity index (χ0) is 51.6. The number of ether oxygens (including phenoxy) is 11. The van der Waals surface area contributed by atoms with Crippen LogP contribution in [0.2, 0.25) is 0 Å². The van der Waals surface area contributed by atoms with Crippen LogP contribution in [0.1, 0.15) is 6.92 Å². The zero-order valence-corrected chi connectivity index (χ0v) is 37.0. The van der Waals surface area contributed by atoms with Crippen LogP contribution >= 0.6 is 0 Å². The van der Waals surface area contributed by atoms with Gasteiger partial charge in [-0.15, -0.1) is 0 Å². The van der Waals surface area contributed by atoms with Crippen LogP contribution in [0.5, 0.6) is 0 Å². The highest BCUT2D eigenvalue weighted by Gasteiger charge is 2.55. The lowest BCUT2D eigenvalue weighted by atomic mass is 9.95. The SMILES string of the molecule is CC(=O)N[C@H]1[C@H](O[C@@H]2[C@@H](O)[C@H](OC[C@H]3O[C@@H](OC[C@H]4OC(O)[C@H](O)[C@@H](O[C@@H]5O[C@H](CO)[C@@H](O)[C@H](O)[C@H]5O)[C@@H]4O)[C@H](O)[C@@H](O)[C@@H]3O)O[C@H](CO[C@@H]3O[C@H](CO)[C@@H](O)[C@H](O)[C@H]3O)[C@H]2O)O[C@H](CO)[C@@H](O)[C@@H]1O. The molecule has 20 N–H and O–H groups in total. The van der Waals surface area contributed by atoms with E-state index in [2.05, 4.69) is 5.32 Å². The Morgan fingerprint density at radius 2 is 0.700 bits per heavy atom. The lowest BCUT2D eigenvalue weighted by Gasteiger charge is -2.48. The normalized spacial score (nSPS) is 51.5. The van der Waals surface area contributed by atoms with Crippen LogP contribution < -0.4 is 5.32 Å². The van der Waals surface area contributed by atoms with Crippen LogP contribution in [0.4, 0.5) is 0 Å². The number of aliphatic hydroxyl groups excluding tert-OH is 19. The molecule has 6 saturated heterocycles. The number of nitrogens with one attached hydrogen (secondary N) is 1. The molecule has 0 bridgehead atoms. The number of carbonyl (C=O) groups is 1. The van der Waals surface area contributed by atoms with E-state index in [1.807, 2.05) is 0 Å². The Kier molecular flexibility index (Phi) is 20.3. The molecule has 6 fully saturated rings. The molecule has 0 radical (unpaired) electrons. The van der Waals surface area contributed by atoms with Crippen LogP contribution in [-0.4, -0.2) is 327 Å². The minimum atomic E-state index is -2.12. The van der Waals surface area contributed by atoms with E-state index in [0.717, 1.165) is 6.92 Å². The largest absolute Gasteiger partial charge is 0.394 e. The first-order valence-corrected chi connectivity index (χ1v) is 22.1. The van der Waals surface area contributed by atoms with E-state index in [1.165, 1.54) is 0 Å². The summed E-state index contributed by atoms with van der Waals surface area (Å²) in [5.74, 6) is -0.763. The van der Waals surface area contributed by atoms with Gasteiger partial charge in [0.25, 0.3) is 0 Å². The molecule has 6 rings (SSSR count). The Morgan fingerprint density at radius 3 is 1.16 bits per heavy atom. The maximum Gasteiger partial charge on any atom is 0.217 e. The molecular formula is C38H65NO31. The predicted molar refractivity (Wildman–Crippen MR) is 211 cm³/mol. The lowest BCUT2D eigenvalue weighted by molar-refractivity contribution is -0.368. The van der Waals surface area contributed by atoms with Crippen molar-refractivity contribution in [2.75, 3.05) is 39.6 Å². The average Bonchev–Trinajstić information content (AvgIpc) is 3.33. The Balaban J connectivity index is 1.15. The van der Waals surface area contributed by atoms with Gasteiger partial charge in [-0.3, -0.25) is 4.79 Å². The number of hydrogen-bond acceptors (Lipinski definition) is 31. The van der Waals surface area contributed by atoms with Crippen LogP contribution in [0.3, 0.4) is 0 Å². The van der Waals surface area contributed by atoms with Crippen LogP contribution in [0.15, 0.2) is 0 Å².